The Hall–Kier alpha value is -2.56. The Morgan fingerprint density at radius 3 is 2.84 bits per heavy atom. The van der Waals surface area contributed by atoms with E-state index in [1.165, 1.54) is 6.07 Å². The van der Waals surface area contributed by atoms with Crippen LogP contribution < -0.4 is 15.6 Å². The van der Waals surface area contributed by atoms with Crippen molar-refractivity contribution in [1.29, 1.82) is 0 Å². The molecule has 2 heterocycles. The maximum absolute atomic E-state index is 13.1. The molecule has 0 bridgehead atoms. The Balaban J connectivity index is 2.06. The molecule has 132 valence electrons. The number of hydrogen-bond donors (Lipinski definition) is 1. The predicted molar refractivity (Wildman–Crippen MR) is 98.7 cm³/mol. The van der Waals surface area contributed by atoms with Gasteiger partial charge >= 0.3 is 0 Å². The molecule has 5 heteroatoms. The molecule has 1 aliphatic heterocycles. The van der Waals surface area contributed by atoms with E-state index in [9.17, 15) is 9.59 Å². The molecule has 0 saturated carbocycles. The van der Waals surface area contributed by atoms with Gasteiger partial charge in [-0.25, -0.2) is 0 Å². The number of nitrogens with zero attached hydrogens (tertiary/aromatic N) is 1. The number of ether oxygens (including phenoxy) is 1. The van der Waals surface area contributed by atoms with Crippen molar-refractivity contribution in [2.75, 3.05) is 11.9 Å². The molecule has 0 unspecified atom stereocenters. The molecule has 1 aliphatic rings. The zero-order valence-corrected chi connectivity index (χ0v) is 15.0. The summed E-state index contributed by atoms with van der Waals surface area (Å²) < 4.78 is 7.33. The number of amides is 1. The van der Waals surface area contributed by atoms with E-state index in [2.05, 4.69) is 5.32 Å². The molecule has 3 rings (SSSR count). The number of aromatic nitrogens is 1. The van der Waals surface area contributed by atoms with Gasteiger partial charge in [0, 0.05) is 24.0 Å². The van der Waals surface area contributed by atoms with Crippen molar-refractivity contribution in [3.05, 3.63) is 57.0 Å². The van der Waals surface area contributed by atoms with Crippen molar-refractivity contribution in [1.82, 2.24) is 4.57 Å². The molecule has 1 amide bonds. The zero-order valence-electron chi connectivity index (χ0n) is 15.0. The smallest absolute Gasteiger partial charge is 0.261 e. The Morgan fingerprint density at radius 1 is 1.28 bits per heavy atom. The normalized spacial score (nSPS) is 13.2. The van der Waals surface area contributed by atoms with Crippen molar-refractivity contribution in [3.63, 3.8) is 0 Å². The molecule has 0 spiro atoms. The van der Waals surface area contributed by atoms with Gasteiger partial charge in [0.25, 0.3) is 11.5 Å². The van der Waals surface area contributed by atoms with Crippen LogP contribution in [0, 0.1) is 13.8 Å². The highest BCUT2D eigenvalue weighted by Gasteiger charge is 2.24. The first-order valence-electron chi connectivity index (χ1n) is 8.80. The van der Waals surface area contributed by atoms with Crippen molar-refractivity contribution in [2.24, 2.45) is 0 Å². The van der Waals surface area contributed by atoms with Gasteiger partial charge in [-0.15, -0.1) is 0 Å². The van der Waals surface area contributed by atoms with E-state index in [1.54, 1.807) is 4.57 Å². The number of aryl methyl sites for hydroxylation is 1. The Kier molecular flexibility index (Phi) is 4.93. The van der Waals surface area contributed by atoms with E-state index in [1.807, 2.05) is 39.0 Å². The van der Waals surface area contributed by atoms with Crippen molar-refractivity contribution in [3.8, 4) is 5.75 Å². The summed E-state index contributed by atoms with van der Waals surface area (Å²) in [7, 11) is 0. The summed E-state index contributed by atoms with van der Waals surface area (Å²) in [5.41, 5.74) is 4.12. The summed E-state index contributed by atoms with van der Waals surface area (Å²) >= 11 is 0. The Morgan fingerprint density at radius 2 is 2.08 bits per heavy atom. The van der Waals surface area contributed by atoms with E-state index in [0.717, 1.165) is 35.3 Å². The predicted octanol–water partition coefficient (Wildman–Crippen LogP) is 3.45. The first-order valence-corrected chi connectivity index (χ1v) is 8.80. The molecule has 0 radical (unpaired) electrons. The minimum Gasteiger partial charge on any atom is -0.493 e. The number of rotatable bonds is 4. The second-order valence-corrected chi connectivity index (χ2v) is 6.41. The quantitative estimate of drug-likeness (QED) is 0.927. The zero-order chi connectivity index (χ0) is 18.0. The van der Waals surface area contributed by atoms with E-state index in [0.29, 0.717) is 30.9 Å². The lowest BCUT2D eigenvalue weighted by atomic mass is 10.0. The van der Waals surface area contributed by atoms with Crippen LogP contribution >= 0.6 is 0 Å². The third kappa shape index (κ3) is 3.31. The van der Waals surface area contributed by atoms with Gasteiger partial charge in [0.2, 0.25) is 0 Å². The highest BCUT2D eigenvalue weighted by Crippen LogP contribution is 2.27. The second-order valence-electron chi connectivity index (χ2n) is 6.41. The molecule has 25 heavy (non-hydrogen) atoms. The van der Waals surface area contributed by atoms with Gasteiger partial charge in [-0.05, 0) is 57.2 Å². The first kappa shape index (κ1) is 17.3. The molecule has 1 N–H and O–H groups in total. The van der Waals surface area contributed by atoms with E-state index < -0.39 is 0 Å². The monoisotopic (exact) mass is 340 g/mol. The van der Waals surface area contributed by atoms with Crippen LogP contribution in [0.4, 0.5) is 5.69 Å². The number of hydrogen-bond acceptors (Lipinski definition) is 3. The van der Waals surface area contributed by atoms with Crippen LogP contribution in [0.25, 0.3) is 0 Å². The fourth-order valence-electron chi connectivity index (χ4n) is 3.32. The number of pyridine rings is 1. The average Bonchev–Trinajstić information content (AvgIpc) is 2.59. The molecule has 0 aliphatic carbocycles. The highest BCUT2D eigenvalue weighted by atomic mass is 16.5. The lowest BCUT2D eigenvalue weighted by Crippen LogP contribution is -2.31. The number of fused-ring (bicyclic) bond motifs is 1. The number of anilines is 1. The van der Waals surface area contributed by atoms with Crippen LogP contribution in [0.3, 0.4) is 0 Å². The number of benzene rings is 1. The average molecular weight is 340 g/mol. The maximum Gasteiger partial charge on any atom is 0.261 e. The lowest BCUT2D eigenvalue weighted by molar-refractivity contribution is 0.102. The van der Waals surface area contributed by atoms with Crippen molar-refractivity contribution >= 4 is 11.6 Å². The third-order valence-electron chi connectivity index (χ3n) is 4.81. The lowest BCUT2D eigenvalue weighted by Gasteiger charge is -2.23. The van der Waals surface area contributed by atoms with E-state index >= 15 is 0 Å². The molecule has 0 fully saturated rings. The Bertz CT molecular complexity index is 868. The van der Waals surface area contributed by atoms with Gasteiger partial charge < -0.3 is 14.6 Å². The van der Waals surface area contributed by atoms with Gasteiger partial charge in [0.1, 0.15) is 11.3 Å². The molecule has 0 saturated heterocycles. The van der Waals surface area contributed by atoms with Crippen LogP contribution in [-0.2, 0) is 13.0 Å². The molecule has 0 atom stereocenters. The summed E-state index contributed by atoms with van der Waals surface area (Å²) in [6.07, 6.45) is 2.64. The van der Waals surface area contributed by atoms with Gasteiger partial charge in [-0.3, -0.25) is 9.59 Å². The van der Waals surface area contributed by atoms with Gasteiger partial charge in [0.15, 0.2) is 0 Å². The fraction of sp³-hybridized carbons (Fsp3) is 0.400. The largest absolute Gasteiger partial charge is 0.493 e. The Labute approximate surface area is 147 Å². The first-order chi connectivity index (χ1) is 12.0. The SMILES string of the molecule is CCOc1cc(=O)n2c(c1C(=O)Nc1cccc(C)c1C)CCCC2. The topological polar surface area (TPSA) is 60.3 Å². The van der Waals surface area contributed by atoms with E-state index in [4.69, 9.17) is 4.74 Å². The molecule has 5 nitrogen and oxygen atoms in total. The minimum atomic E-state index is -0.220. The van der Waals surface area contributed by atoms with Gasteiger partial charge in [-0.1, -0.05) is 12.1 Å². The molecular formula is C20H24N2O3. The fourth-order valence-corrected chi connectivity index (χ4v) is 3.32. The number of carbonyl (C=O) groups is 1. The number of nitrogens with one attached hydrogen (secondary N) is 1. The van der Waals surface area contributed by atoms with Gasteiger partial charge in [-0.2, -0.15) is 0 Å². The van der Waals surface area contributed by atoms with Crippen molar-refractivity contribution in [2.45, 2.75) is 46.6 Å². The van der Waals surface area contributed by atoms with Crippen LogP contribution in [0.5, 0.6) is 5.75 Å². The standard InChI is InChI=1S/C20H24N2O3/c1-4-25-17-12-18(23)22-11-6-5-10-16(22)19(17)20(24)21-15-9-7-8-13(2)14(15)3/h7-9,12H,4-6,10-11H2,1-3H3,(H,21,24). The van der Waals surface area contributed by atoms with Crippen LogP contribution in [0.1, 0.15) is 46.9 Å². The number of carbonyl (C=O) groups excluding carboxylic acids is 1. The second kappa shape index (κ2) is 7.13. The summed E-state index contributed by atoms with van der Waals surface area (Å²) in [5, 5.41) is 3.00. The van der Waals surface area contributed by atoms with Crippen molar-refractivity contribution < 1.29 is 9.53 Å². The highest BCUT2D eigenvalue weighted by molar-refractivity contribution is 6.07. The third-order valence-corrected chi connectivity index (χ3v) is 4.81. The van der Waals surface area contributed by atoms with Crippen LogP contribution in [0.15, 0.2) is 29.1 Å². The minimum absolute atomic E-state index is 0.0959. The molecular weight excluding hydrogens is 316 g/mol. The van der Waals surface area contributed by atoms with Crippen LogP contribution in [0.2, 0.25) is 0 Å². The molecule has 2 aromatic rings. The summed E-state index contributed by atoms with van der Waals surface area (Å²) in [5.74, 6) is 0.159. The summed E-state index contributed by atoms with van der Waals surface area (Å²) in [6.45, 7) is 6.92. The van der Waals surface area contributed by atoms with E-state index in [-0.39, 0.29) is 11.5 Å². The maximum atomic E-state index is 13.1. The van der Waals surface area contributed by atoms with Gasteiger partial charge in [0.05, 0.1) is 6.61 Å². The summed E-state index contributed by atoms with van der Waals surface area (Å²) in [4.78, 5) is 25.4. The molecule has 1 aromatic carbocycles. The summed E-state index contributed by atoms with van der Waals surface area (Å²) in [6, 6.07) is 7.27. The molecule has 1 aromatic heterocycles. The van der Waals surface area contributed by atoms with Crippen LogP contribution in [-0.4, -0.2) is 17.1 Å².